The van der Waals surface area contributed by atoms with Gasteiger partial charge in [0.2, 0.25) is 0 Å². The number of hydrogen-bond acceptors (Lipinski definition) is 2. The Morgan fingerprint density at radius 3 is 2.68 bits per heavy atom. The minimum atomic E-state index is -1.08. The Morgan fingerprint density at radius 1 is 1.32 bits per heavy atom. The van der Waals surface area contributed by atoms with Crippen LogP contribution in [0.1, 0.15) is 15.9 Å². The largest absolute Gasteiger partial charge is 0.478 e. The summed E-state index contributed by atoms with van der Waals surface area (Å²) in [6.45, 7) is 1.95. The Hall–Kier alpha value is -1.52. The number of benzene rings is 2. The first-order chi connectivity index (χ1) is 8.99. The van der Waals surface area contributed by atoms with E-state index in [1.54, 1.807) is 18.2 Å². The molecule has 0 aliphatic rings. The van der Waals surface area contributed by atoms with Crippen LogP contribution in [0.4, 0.5) is 0 Å². The fourth-order valence-electron chi connectivity index (χ4n) is 1.58. The second-order valence-corrected chi connectivity index (χ2v) is 5.22. The van der Waals surface area contributed by atoms with Crippen molar-refractivity contribution in [2.24, 2.45) is 0 Å². The van der Waals surface area contributed by atoms with Gasteiger partial charge in [0, 0.05) is 0 Å². The molecule has 0 bridgehead atoms. The molecule has 1 N–H and O–H groups in total. The average Bonchev–Trinajstić information content (AvgIpc) is 2.34. The maximum atomic E-state index is 11.2. The van der Waals surface area contributed by atoms with E-state index in [4.69, 9.17) is 21.4 Å². The van der Waals surface area contributed by atoms with Crippen molar-refractivity contribution in [3.05, 3.63) is 57.0 Å². The molecule has 0 heterocycles. The number of hydrogen-bond donors (Lipinski definition) is 1. The smallest absolute Gasteiger partial charge is 0.339 e. The number of carboxylic acids is 1. The maximum Gasteiger partial charge on any atom is 0.339 e. The fraction of sp³-hybridized carbons (Fsp3) is 0.0714. The normalized spacial score (nSPS) is 10.3. The molecule has 2 aromatic rings. The highest BCUT2D eigenvalue weighted by Gasteiger charge is 2.16. The van der Waals surface area contributed by atoms with Gasteiger partial charge in [-0.15, -0.1) is 0 Å². The predicted molar refractivity (Wildman–Crippen MR) is 77.4 cm³/mol. The van der Waals surface area contributed by atoms with E-state index >= 15 is 0 Å². The minimum absolute atomic E-state index is 0.0278. The van der Waals surface area contributed by atoms with E-state index in [0.29, 0.717) is 5.75 Å². The monoisotopic (exact) mass is 340 g/mol. The summed E-state index contributed by atoms with van der Waals surface area (Å²) in [6, 6.07) is 10.1. The van der Waals surface area contributed by atoms with Crippen LogP contribution in [0.25, 0.3) is 0 Å². The van der Waals surface area contributed by atoms with Crippen molar-refractivity contribution >= 4 is 33.5 Å². The second kappa shape index (κ2) is 5.63. The first-order valence-electron chi connectivity index (χ1n) is 5.45. The molecule has 0 fully saturated rings. The molecule has 5 heteroatoms. The van der Waals surface area contributed by atoms with Gasteiger partial charge in [0.15, 0.2) is 5.75 Å². The van der Waals surface area contributed by atoms with Crippen LogP contribution >= 0.6 is 27.5 Å². The van der Waals surface area contributed by atoms with Crippen molar-refractivity contribution in [2.75, 3.05) is 0 Å². The maximum absolute atomic E-state index is 11.2. The molecular weight excluding hydrogens is 332 g/mol. The Balaban J connectivity index is 2.46. The van der Waals surface area contributed by atoms with E-state index in [9.17, 15) is 4.79 Å². The molecule has 3 nitrogen and oxygen atoms in total. The fourth-order valence-corrected chi connectivity index (χ4v) is 2.37. The number of ether oxygens (including phenoxy) is 1. The molecule has 0 saturated carbocycles. The number of carboxylic acid groups (broad SMARTS) is 1. The summed E-state index contributed by atoms with van der Waals surface area (Å²) in [5.41, 5.74) is 1.09. The molecule has 2 aromatic carbocycles. The first-order valence-corrected chi connectivity index (χ1v) is 6.62. The zero-order chi connectivity index (χ0) is 14.0. The number of carbonyl (C=O) groups is 1. The van der Waals surface area contributed by atoms with E-state index in [2.05, 4.69) is 15.9 Å². The van der Waals surface area contributed by atoms with Crippen molar-refractivity contribution in [3.63, 3.8) is 0 Å². The van der Waals surface area contributed by atoms with Crippen molar-refractivity contribution in [1.29, 1.82) is 0 Å². The SMILES string of the molecule is Cc1ccc(Oc2c(Cl)cccc2C(=O)O)c(Br)c1. The van der Waals surface area contributed by atoms with Crippen LogP contribution in [0.2, 0.25) is 5.02 Å². The quantitative estimate of drug-likeness (QED) is 0.863. The Labute approximate surface area is 123 Å². The molecule has 0 spiro atoms. The van der Waals surface area contributed by atoms with Crippen molar-refractivity contribution < 1.29 is 14.6 Å². The van der Waals surface area contributed by atoms with E-state index in [1.165, 1.54) is 6.07 Å². The van der Waals surface area contributed by atoms with Gasteiger partial charge in [-0.3, -0.25) is 0 Å². The summed E-state index contributed by atoms with van der Waals surface area (Å²) in [7, 11) is 0. The lowest BCUT2D eigenvalue weighted by molar-refractivity contribution is 0.0694. The van der Waals surface area contributed by atoms with Crippen LogP contribution in [0.3, 0.4) is 0 Å². The number of para-hydroxylation sites is 1. The van der Waals surface area contributed by atoms with Gasteiger partial charge in [-0.05, 0) is 52.7 Å². The highest BCUT2D eigenvalue weighted by atomic mass is 79.9. The van der Waals surface area contributed by atoms with Gasteiger partial charge < -0.3 is 9.84 Å². The minimum Gasteiger partial charge on any atom is -0.478 e. The molecular formula is C14H10BrClO3. The summed E-state index contributed by atoms with van der Waals surface area (Å²) in [5.74, 6) is -0.428. The lowest BCUT2D eigenvalue weighted by atomic mass is 10.2. The highest BCUT2D eigenvalue weighted by molar-refractivity contribution is 9.10. The number of halogens is 2. The van der Waals surface area contributed by atoms with Crippen molar-refractivity contribution in [2.45, 2.75) is 6.92 Å². The number of aromatic carboxylic acids is 1. The molecule has 0 atom stereocenters. The van der Waals surface area contributed by atoms with Crippen LogP contribution in [-0.2, 0) is 0 Å². The van der Waals surface area contributed by atoms with Crippen LogP contribution in [-0.4, -0.2) is 11.1 Å². The van der Waals surface area contributed by atoms with Gasteiger partial charge in [-0.25, -0.2) is 4.79 Å². The second-order valence-electron chi connectivity index (χ2n) is 3.96. The molecule has 19 heavy (non-hydrogen) atoms. The third kappa shape index (κ3) is 3.08. The van der Waals surface area contributed by atoms with Gasteiger partial charge in [0.1, 0.15) is 11.3 Å². The Morgan fingerprint density at radius 2 is 2.05 bits per heavy atom. The van der Waals surface area contributed by atoms with Gasteiger partial charge >= 0.3 is 5.97 Å². The predicted octanol–water partition coefficient (Wildman–Crippen LogP) is 4.90. The van der Waals surface area contributed by atoms with Gasteiger partial charge in [-0.2, -0.15) is 0 Å². The summed E-state index contributed by atoms with van der Waals surface area (Å²) < 4.78 is 6.37. The van der Waals surface area contributed by atoms with E-state index in [-0.39, 0.29) is 16.3 Å². The zero-order valence-corrected chi connectivity index (χ0v) is 12.3. The van der Waals surface area contributed by atoms with Crippen LogP contribution in [0, 0.1) is 6.92 Å². The summed E-state index contributed by atoms with van der Waals surface area (Å²) in [5, 5.41) is 9.39. The first kappa shape index (κ1) is 13.9. The number of aryl methyl sites for hydroxylation is 1. The third-order valence-corrected chi connectivity index (χ3v) is 3.41. The Bertz CT molecular complexity index is 641. The summed E-state index contributed by atoms with van der Waals surface area (Å²) in [4.78, 5) is 11.2. The molecule has 2 rings (SSSR count). The van der Waals surface area contributed by atoms with Crippen molar-refractivity contribution in [3.8, 4) is 11.5 Å². The van der Waals surface area contributed by atoms with E-state index < -0.39 is 5.97 Å². The van der Waals surface area contributed by atoms with Gasteiger partial charge in [0.25, 0.3) is 0 Å². The van der Waals surface area contributed by atoms with Gasteiger partial charge in [0.05, 0.1) is 9.50 Å². The third-order valence-electron chi connectivity index (χ3n) is 2.50. The van der Waals surface area contributed by atoms with Crippen LogP contribution < -0.4 is 4.74 Å². The molecule has 0 saturated heterocycles. The molecule has 0 aliphatic carbocycles. The zero-order valence-electron chi connectivity index (χ0n) is 9.98. The topological polar surface area (TPSA) is 46.5 Å². The lowest BCUT2D eigenvalue weighted by Crippen LogP contribution is -2.00. The molecule has 98 valence electrons. The summed E-state index contributed by atoms with van der Waals surface area (Å²) in [6.07, 6.45) is 0. The lowest BCUT2D eigenvalue weighted by Gasteiger charge is -2.12. The standard InChI is InChI=1S/C14H10BrClO3/c1-8-5-6-12(10(15)7-8)19-13-9(14(17)18)3-2-4-11(13)16/h2-7H,1H3,(H,17,18). The molecule has 0 unspecified atom stereocenters. The molecule has 0 aliphatic heterocycles. The molecule has 0 radical (unpaired) electrons. The summed E-state index contributed by atoms with van der Waals surface area (Å²) >= 11 is 9.38. The molecule has 0 aromatic heterocycles. The van der Waals surface area contributed by atoms with Gasteiger partial charge in [-0.1, -0.05) is 23.7 Å². The van der Waals surface area contributed by atoms with Crippen LogP contribution in [0.5, 0.6) is 11.5 Å². The molecule has 0 amide bonds. The van der Waals surface area contributed by atoms with E-state index in [1.807, 2.05) is 19.1 Å². The highest BCUT2D eigenvalue weighted by Crippen LogP contribution is 2.36. The average molecular weight is 342 g/mol. The van der Waals surface area contributed by atoms with Crippen molar-refractivity contribution in [1.82, 2.24) is 0 Å². The van der Waals surface area contributed by atoms with Crippen LogP contribution in [0.15, 0.2) is 40.9 Å². The van der Waals surface area contributed by atoms with E-state index in [0.717, 1.165) is 10.0 Å². The number of rotatable bonds is 3. The Kier molecular flexibility index (Phi) is 4.12.